The minimum atomic E-state index is -2.50. The van der Waals surface area contributed by atoms with Crippen molar-refractivity contribution in [3.8, 4) is 0 Å². The van der Waals surface area contributed by atoms with E-state index in [9.17, 15) is 0 Å². The van der Waals surface area contributed by atoms with Gasteiger partial charge in [-0.3, -0.25) is 0 Å². The third-order valence-corrected chi connectivity index (χ3v) is 15.5. The standard InChI is InChI=1S/C29H31Si.3ClH.Ti/c1-20-10-7-13-26(16-20)30(27-14-8-11-21(2)17-27,28-15-9-12-22(3)18-28)29-24(5)19-23(4)25(29)6;;;;/h7-19H,1-6H3;3*1H;/q;;;;+3/p-3. The van der Waals surface area contributed by atoms with Crippen LogP contribution in [-0.2, 0) is 20.4 Å². The van der Waals surface area contributed by atoms with Crippen LogP contribution in [0.25, 0.3) is 0 Å². The first-order valence-corrected chi connectivity index (χ1v) is 13.8. The van der Waals surface area contributed by atoms with Crippen molar-refractivity contribution in [3.05, 3.63) is 112 Å². The predicted molar refractivity (Wildman–Crippen MR) is 133 cm³/mol. The Kier molecular flexibility index (Phi) is 10.7. The smallest absolute Gasteiger partial charge is 1.00 e. The summed E-state index contributed by atoms with van der Waals surface area (Å²) >= 11 is 2.52. The first-order valence-electron chi connectivity index (χ1n) is 11.0. The Morgan fingerprint density at radius 3 is 1.21 bits per heavy atom. The van der Waals surface area contributed by atoms with Crippen molar-refractivity contribution in [1.82, 2.24) is 0 Å². The van der Waals surface area contributed by atoms with Crippen molar-refractivity contribution in [3.63, 3.8) is 0 Å². The summed E-state index contributed by atoms with van der Waals surface area (Å²) in [6.07, 6.45) is 2.43. The fourth-order valence-corrected chi connectivity index (χ4v) is 14.0. The molecule has 1 aliphatic rings. The molecule has 0 aliphatic heterocycles. The number of rotatable bonds is 4. The van der Waals surface area contributed by atoms with Crippen LogP contribution in [0.3, 0.4) is 0 Å². The van der Waals surface area contributed by atoms with Crippen LogP contribution in [0.15, 0.2) is 95.6 Å². The average Bonchev–Trinajstić information content (AvgIpc) is 2.92. The summed E-state index contributed by atoms with van der Waals surface area (Å²) in [4.78, 5) is 0. The molecule has 0 amide bonds. The van der Waals surface area contributed by atoms with E-state index in [-0.39, 0.29) is 40.6 Å². The van der Waals surface area contributed by atoms with Crippen LogP contribution in [0, 0.1) is 20.8 Å². The first kappa shape index (κ1) is 31.0. The van der Waals surface area contributed by atoms with Gasteiger partial charge in [-0.25, -0.2) is 0 Å². The Morgan fingerprint density at radius 1 is 0.588 bits per heavy atom. The number of aryl methyl sites for hydroxylation is 3. The molecule has 0 bridgehead atoms. The zero-order valence-electron chi connectivity index (χ0n) is 20.6. The third kappa shape index (κ3) is 4.81. The van der Waals surface area contributed by atoms with Gasteiger partial charge in [-0.2, -0.15) is 0 Å². The molecule has 0 spiro atoms. The maximum absolute atomic E-state index is 2.52. The molecular formula is C29H31Cl3SiTi. The van der Waals surface area contributed by atoms with E-state index in [0.29, 0.717) is 0 Å². The molecule has 1 atom stereocenters. The molecule has 176 valence electrons. The topological polar surface area (TPSA) is 0 Å². The summed E-state index contributed by atoms with van der Waals surface area (Å²) in [5.41, 5.74) is 8.41. The molecule has 3 aromatic rings. The number of halogens is 3. The Labute approximate surface area is 237 Å². The molecule has 0 heterocycles. The fraction of sp³-hybridized carbons (Fsp3) is 0.241. The molecule has 0 N–H and O–H groups in total. The molecule has 1 aliphatic carbocycles. The van der Waals surface area contributed by atoms with E-state index in [4.69, 9.17) is 0 Å². The van der Waals surface area contributed by atoms with Crippen molar-refractivity contribution < 1.29 is 57.7 Å². The van der Waals surface area contributed by atoms with Crippen molar-refractivity contribution in [2.45, 2.75) is 44.9 Å². The van der Waals surface area contributed by atoms with Crippen molar-refractivity contribution in [2.24, 2.45) is 0 Å². The van der Waals surface area contributed by atoms with Gasteiger partial charge in [-0.05, 0) is 0 Å². The van der Waals surface area contributed by atoms with Crippen LogP contribution in [0.4, 0.5) is 0 Å². The van der Waals surface area contributed by atoms with Crippen molar-refractivity contribution in [2.75, 3.05) is 0 Å². The molecule has 0 aromatic heterocycles. The molecule has 0 radical (unpaired) electrons. The molecule has 34 heavy (non-hydrogen) atoms. The number of hydrogen-bond donors (Lipinski definition) is 0. The van der Waals surface area contributed by atoms with Gasteiger partial charge in [0.1, 0.15) is 0 Å². The predicted octanol–water partition coefficient (Wildman–Crippen LogP) is -3.36. The van der Waals surface area contributed by atoms with E-state index in [0.717, 1.165) is 0 Å². The minimum absolute atomic E-state index is 0. The summed E-state index contributed by atoms with van der Waals surface area (Å²) in [5, 5.41) is 4.48. The fourth-order valence-electron chi connectivity index (χ4n) is 5.49. The molecule has 3 aromatic carbocycles. The summed E-state index contributed by atoms with van der Waals surface area (Å²) in [6.45, 7) is 13.7. The largest absolute Gasteiger partial charge is 1.00 e. The van der Waals surface area contributed by atoms with E-state index in [1.54, 1.807) is 0 Å². The molecule has 1 unspecified atom stereocenters. The number of benzene rings is 3. The maximum atomic E-state index is 2.52. The van der Waals surface area contributed by atoms with Crippen molar-refractivity contribution >= 4 is 23.6 Å². The average molecular weight is 562 g/mol. The van der Waals surface area contributed by atoms with E-state index < -0.39 is 8.07 Å². The second-order valence-corrected chi connectivity index (χ2v) is 15.2. The molecule has 0 saturated carbocycles. The molecule has 4 rings (SSSR count). The molecule has 5 heteroatoms. The Balaban J connectivity index is 0.00000193. The van der Waals surface area contributed by atoms with E-state index in [1.807, 2.05) is 0 Å². The minimum Gasteiger partial charge on any atom is -1.00 e. The van der Waals surface area contributed by atoms with Gasteiger partial charge in [0.15, 0.2) is 0 Å². The van der Waals surface area contributed by atoms with Gasteiger partial charge >= 0.3 is 201 Å². The Hall–Kier alpha value is -1.06. The monoisotopic (exact) mass is 560 g/mol. The van der Waals surface area contributed by atoms with Crippen LogP contribution >= 0.6 is 0 Å². The molecule has 0 saturated heterocycles. The van der Waals surface area contributed by atoms with Crippen LogP contribution in [0.2, 0.25) is 3.34 Å². The zero-order chi connectivity index (χ0) is 22.4. The molecule has 0 nitrogen and oxygen atoms in total. The van der Waals surface area contributed by atoms with E-state index >= 15 is 0 Å². The number of hydrogen-bond acceptors (Lipinski definition) is 0. The van der Waals surface area contributed by atoms with Crippen LogP contribution in [0.5, 0.6) is 0 Å². The van der Waals surface area contributed by atoms with Gasteiger partial charge < -0.3 is 37.2 Å². The van der Waals surface area contributed by atoms with Gasteiger partial charge in [0.2, 0.25) is 0 Å². The van der Waals surface area contributed by atoms with Gasteiger partial charge in [0, 0.05) is 0 Å². The summed E-state index contributed by atoms with van der Waals surface area (Å²) in [6, 6.07) is 28.0. The van der Waals surface area contributed by atoms with Gasteiger partial charge in [-0.15, -0.1) is 0 Å². The van der Waals surface area contributed by atoms with Gasteiger partial charge in [0.05, 0.1) is 0 Å². The van der Waals surface area contributed by atoms with Crippen LogP contribution < -0.4 is 52.8 Å². The normalized spacial score (nSPS) is 17.4. The quantitative estimate of drug-likeness (QED) is 0.231. The number of allylic oxidation sites excluding steroid dienone is 4. The SMILES string of the molecule is CC1=CC(C)=C(C)[C]1([Ti+3])[Si](c1cccc(C)c1)(c1cccc(C)c1)c1cccc(C)c1.[Cl-].[Cl-].[Cl-]. The zero-order valence-corrected chi connectivity index (χ0v) is 25.5. The molecular weight excluding hydrogens is 531 g/mol. The summed E-state index contributed by atoms with van der Waals surface area (Å²) in [5.74, 6) is 0. The summed E-state index contributed by atoms with van der Waals surface area (Å²) < 4.78 is -0.0353. The molecule has 0 fully saturated rings. The van der Waals surface area contributed by atoms with E-state index in [2.05, 4.69) is 141 Å². The van der Waals surface area contributed by atoms with Crippen LogP contribution in [0.1, 0.15) is 37.5 Å². The van der Waals surface area contributed by atoms with E-state index in [1.165, 1.54) is 49.0 Å². The first-order chi connectivity index (χ1) is 14.7. The van der Waals surface area contributed by atoms with Gasteiger partial charge in [-0.1, -0.05) is 0 Å². The summed E-state index contributed by atoms with van der Waals surface area (Å²) in [7, 11) is -2.50. The van der Waals surface area contributed by atoms with Crippen molar-refractivity contribution in [1.29, 1.82) is 0 Å². The van der Waals surface area contributed by atoms with Gasteiger partial charge in [0.25, 0.3) is 0 Å². The second-order valence-electron chi connectivity index (χ2n) is 9.24. The Bertz CT molecular complexity index is 1120. The van der Waals surface area contributed by atoms with Crippen LogP contribution in [-0.4, -0.2) is 8.07 Å². The third-order valence-electron chi connectivity index (χ3n) is 7.09. The Morgan fingerprint density at radius 2 is 0.941 bits per heavy atom. The maximum Gasteiger partial charge on any atom is -1.00 e. The second kappa shape index (κ2) is 11.8.